The van der Waals surface area contributed by atoms with Crippen LogP contribution < -0.4 is 0 Å². The molecule has 0 aliphatic carbocycles. The summed E-state index contributed by atoms with van der Waals surface area (Å²) in [6.45, 7) is 14.9. The standard InChI is InChI=1S/C28H56O2Si/c1-24(2)27(25(3)4)22-20-18-16-14-12-10-8-7-9-11-13-15-17-19-21-23-31-30-28(29)26(5)6/h24-25,27H,5,7-23,31H2,1-4,6H3. The zero-order valence-corrected chi connectivity index (χ0v) is 23.4. The topological polar surface area (TPSA) is 26.3 Å². The summed E-state index contributed by atoms with van der Waals surface area (Å²) < 4.78 is 5.25. The highest BCUT2D eigenvalue weighted by atomic mass is 28.2. The second-order valence-electron chi connectivity index (χ2n) is 10.5. The molecular formula is C28H56O2Si. The van der Waals surface area contributed by atoms with Crippen LogP contribution >= 0.6 is 0 Å². The third kappa shape index (κ3) is 19.8. The van der Waals surface area contributed by atoms with Gasteiger partial charge >= 0.3 is 5.97 Å². The Kier molecular flexibility index (Phi) is 20.9. The fourth-order valence-electron chi connectivity index (χ4n) is 4.68. The van der Waals surface area contributed by atoms with Gasteiger partial charge in [0.2, 0.25) is 9.76 Å². The van der Waals surface area contributed by atoms with Gasteiger partial charge in [0.25, 0.3) is 0 Å². The molecule has 3 heteroatoms. The molecule has 0 aromatic heterocycles. The van der Waals surface area contributed by atoms with Crippen LogP contribution in [0.2, 0.25) is 6.04 Å². The van der Waals surface area contributed by atoms with Crippen molar-refractivity contribution >= 4 is 15.7 Å². The number of carbonyl (C=O) groups is 1. The van der Waals surface area contributed by atoms with Crippen molar-refractivity contribution in [3.8, 4) is 0 Å². The van der Waals surface area contributed by atoms with Gasteiger partial charge in [-0.3, -0.25) is 0 Å². The lowest BCUT2D eigenvalue weighted by atomic mass is 9.81. The van der Waals surface area contributed by atoms with Gasteiger partial charge in [0.05, 0.1) is 0 Å². The molecule has 184 valence electrons. The molecule has 0 atom stereocenters. The molecule has 0 saturated carbocycles. The van der Waals surface area contributed by atoms with Crippen LogP contribution in [-0.4, -0.2) is 15.7 Å². The van der Waals surface area contributed by atoms with Crippen LogP contribution in [0.5, 0.6) is 0 Å². The maximum atomic E-state index is 11.3. The Bertz CT molecular complexity index is 423. The van der Waals surface area contributed by atoms with Crippen molar-refractivity contribution in [2.24, 2.45) is 17.8 Å². The lowest BCUT2D eigenvalue weighted by Crippen LogP contribution is -2.15. The van der Waals surface area contributed by atoms with Crippen LogP contribution in [0.15, 0.2) is 12.2 Å². The van der Waals surface area contributed by atoms with E-state index in [9.17, 15) is 4.79 Å². The number of hydrogen-bond donors (Lipinski definition) is 0. The zero-order chi connectivity index (χ0) is 23.3. The Balaban J connectivity index is 3.22. The highest BCUT2D eigenvalue weighted by Gasteiger charge is 2.16. The zero-order valence-electron chi connectivity index (χ0n) is 22.0. The molecule has 0 unspecified atom stereocenters. The van der Waals surface area contributed by atoms with Crippen molar-refractivity contribution in [1.82, 2.24) is 0 Å². The van der Waals surface area contributed by atoms with Crippen molar-refractivity contribution in [2.45, 2.75) is 143 Å². The van der Waals surface area contributed by atoms with Crippen LogP contribution in [0, 0.1) is 17.8 Å². The van der Waals surface area contributed by atoms with Gasteiger partial charge < -0.3 is 4.43 Å². The molecule has 0 fully saturated rings. The van der Waals surface area contributed by atoms with E-state index in [1.165, 1.54) is 103 Å². The van der Waals surface area contributed by atoms with E-state index in [1.54, 1.807) is 6.92 Å². The van der Waals surface area contributed by atoms with Gasteiger partial charge in [-0.05, 0) is 37.1 Å². The quantitative estimate of drug-likeness (QED) is 0.0931. The molecule has 0 bridgehead atoms. The first-order valence-electron chi connectivity index (χ1n) is 13.7. The average molecular weight is 453 g/mol. The monoisotopic (exact) mass is 452 g/mol. The smallest absolute Gasteiger partial charge is 0.319 e. The second kappa shape index (κ2) is 21.3. The minimum Gasteiger partial charge on any atom is -0.522 e. The largest absolute Gasteiger partial charge is 0.522 e. The highest BCUT2D eigenvalue weighted by Crippen LogP contribution is 2.26. The summed E-state index contributed by atoms with van der Waals surface area (Å²) in [5.41, 5.74) is 0.528. The molecule has 2 nitrogen and oxygen atoms in total. The van der Waals surface area contributed by atoms with Crippen LogP contribution in [0.3, 0.4) is 0 Å². The summed E-state index contributed by atoms with van der Waals surface area (Å²) in [5.74, 6) is 2.40. The van der Waals surface area contributed by atoms with E-state index >= 15 is 0 Å². The molecule has 31 heavy (non-hydrogen) atoms. The predicted molar refractivity (Wildman–Crippen MR) is 141 cm³/mol. The predicted octanol–water partition coefficient (Wildman–Crippen LogP) is 8.78. The maximum Gasteiger partial charge on any atom is 0.319 e. The molecule has 0 radical (unpaired) electrons. The first-order chi connectivity index (χ1) is 14.9. The summed E-state index contributed by atoms with van der Waals surface area (Å²) in [7, 11) is -0.664. The lowest BCUT2D eigenvalue weighted by molar-refractivity contribution is -0.130. The van der Waals surface area contributed by atoms with Gasteiger partial charge in [-0.25, -0.2) is 4.79 Å². The van der Waals surface area contributed by atoms with Crippen LogP contribution in [0.1, 0.15) is 137 Å². The summed E-state index contributed by atoms with van der Waals surface area (Å²) in [5, 5.41) is 0. The van der Waals surface area contributed by atoms with Crippen molar-refractivity contribution in [3.63, 3.8) is 0 Å². The Morgan fingerprint density at radius 1 is 0.677 bits per heavy atom. The number of carbonyl (C=O) groups excluding carboxylic acids is 1. The summed E-state index contributed by atoms with van der Waals surface area (Å²) in [6, 6.07) is 1.12. The van der Waals surface area contributed by atoms with Crippen LogP contribution in [-0.2, 0) is 9.22 Å². The SMILES string of the molecule is C=C(C)C(=O)O[SiH2]CCCCCCCCCCCCCCCCCC(C(C)C)C(C)C. The van der Waals surface area contributed by atoms with Crippen molar-refractivity contribution in [2.75, 3.05) is 0 Å². The van der Waals surface area contributed by atoms with E-state index in [1.807, 2.05) is 0 Å². The summed E-state index contributed by atoms with van der Waals surface area (Å²) in [4.78, 5) is 11.3. The molecule has 0 saturated heterocycles. The molecule has 0 aromatic rings. The molecule has 0 amide bonds. The number of hydrogen-bond acceptors (Lipinski definition) is 2. The highest BCUT2D eigenvalue weighted by molar-refractivity contribution is 6.31. The minimum atomic E-state index is -0.664. The van der Waals surface area contributed by atoms with Crippen LogP contribution in [0.4, 0.5) is 0 Å². The number of unbranched alkanes of at least 4 members (excludes halogenated alkanes) is 14. The lowest BCUT2D eigenvalue weighted by Gasteiger charge is -2.24. The third-order valence-electron chi connectivity index (χ3n) is 6.73. The molecule has 0 aliphatic rings. The van der Waals surface area contributed by atoms with E-state index in [4.69, 9.17) is 4.43 Å². The number of rotatable bonds is 22. The van der Waals surface area contributed by atoms with Crippen molar-refractivity contribution in [1.29, 1.82) is 0 Å². The van der Waals surface area contributed by atoms with Gasteiger partial charge in [-0.15, -0.1) is 0 Å². The van der Waals surface area contributed by atoms with E-state index in [0.29, 0.717) is 5.57 Å². The molecular weight excluding hydrogens is 396 g/mol. The third-order valence-corrected chi connectivity index (χ3v) is 7.98. The Labute approximate surface area is 198 Å². The van der Waals surface area contributed by atoms with Gasteiger partial charge in [0.1, 0.15) is 0 Å². The molecule has 0 N–H and O–H groups in total. The normalized spacial score (nSPS) is 12.0. The van der Waals surface area contributed by atoms with E-state index in [2.05, 4.69) is 34.3 Å². The van der Waals surface area contributed by atoms with E-state index in [-0.39, 0.29) is 5.97 Å². The van der Waals surface area contributed by atoms with E-state index < -0.39 is 9.76 Å². The molecule has 0 spiro atoms. The maximum absolute atomic E-state index is 11.3. The minimum absolute atomic E-state index is 0.191. The second-order valence-corrected chi connectivity index (χ2v) is 11.9. The fourth-order valence-corrected chi connectivity index (χ4v) is 5.82. The van der Waals surface area contributed by atoms with Gasteiger partial charge in [0, 0.05) is 5.57 Å². The van der Waals surface area contributed by atoms with Gasteiger partial charge in [-0.1, -0.05) is 131 Å². The molecule has 0 aliphatic heterocycles. The van der Waals surface area contributed by atoms with Crippen molar-refractivity contribution in [3.05, 3.63) is 12.2 Å². The fraction of sp³-hybridized carbons (Fsp3) is 0.893. The van der Waals surface area contributed by atoms with E-state index in [0.717, 1.165) is 23.8 Å². The molecule has 0 aromatic carbocycles. The van der Waals surface area contributed by atoms with Gasteiger partial charge in [0.15, 0.2) is 0 Å². The Morgan fingerprint density at radius 3 is 1.39 bits per heavy atom. The van der Waals surface area contributed by atoms with Crippen LogP contribution in [0.25, 0.3) is 0 Å². The first kappa shape index (κ1) is 30.4. The summed E-state index contributed by atoms with van der Waals surface area (Å²) >= 11 is 0. The average Bonchev–Trinajstić information content (AvgIpc) is 2.71. The summed E-state index contributed by atoms with van der Waals surface area (Å²) in [6.07, 6.45) is 22.5. The molecule has 0 heterocycles. The Hall–Kier alpha value is -0.573. The van der Waals surface area contributed by atoms with Gasteiger partial charge in [-0.2, -0.15) is 0 Å². The van der Waals surface area contributed by atoms with Crippen molar-refractivity contribution < 1.29 is 9.22 Å². The Morgan fingerprint density at radius 2 is 1.03 bits per heavy atom. The first-order valence-corrected chi connectivity index (χ1v) is 15.3. The molecule has 0 rings (SSSR count).